The predicted molar refractivity (Wildman–Crippen MR) is 103 cm³/mol. The summed E-state index contributed by atoms with van der Waals surface area (Å²) in [6, 6.07) is 33.0. The van der Waals surface area contributed by atoms with Crippen molar-refractivity contribution in [1.82, 2.24) is 0 Å². The summed E-state index contributed by atoms with van der Waals surface area (Å²) in [6.45, 7) is -1.96. The van der Waals surface area contributed by atoms with Crippen LogP contribution in [0, 0.1) is 5.92 Å². The number of rotatable bonds is 3. The van der Waals surface area contributed by atoms with Gasteiger partial charge in [-0.25, -0.2) is 0 Å². The number of fused-ring (bicyclic) bond motifs is 1. The summed E-state index contributed by atoms with van der Waals surface area (Å²) >= 11 is 0. The fourth-order valence-corrected chi connectivity index (χ4v) is 11.8. The fraction of sp³-hybridized carbons (Fsp3) is 0.182. The molecule has 1 saturated heterocycles. The third kappa shape index (κ3) is 1.62. The van der Waals surface area contributed by atoms with Gasteiger partial charge in [-0.1, -0.05) is 0 Å². The van der Waals surface area contributed by atoms with Crippen LogP contribution in [0.25, 0.3) is 0 Å². The van der Waals surface area contributed by atoms with E-state index < -0.39 is 6.83 Å². The molecule has 2 fully saturated rings. The van der Waals surface area contributed by atoms with Gasteiger partial charge in [0.25, 0.3) is 0 Å². The van der Waals surface area contributed by atoms with Gasteiger partial charge in [-0.3, -0.25) is 0 Å². The van der Waals surface area contributed by atoms with Gasteiger partial charge in [0.05, 0.1) is 0 Å². The Morgan fingerprint density at radius 2 is 1.04 bits per heavy atom. The Hall–Kier alpha value is -1.95. The van der Waals surface area contributed by atoms with Crippen LogP contribution in [0.4, 0.5) is 0 Å². The van der Waals surface area contributed by atoms with Crippen LogP contribution in [0.15, 0.2) is 91.0 Å². The van der Waals surface area contributed by atoms with Crippen molar-refractivity contribution in [2.24, 2.45) is 5.92 Å². The molecule has 0 amide bonds. The molecule has 1 aliphatic carbocycles. The Kier molecular flexibility index (Phi) is 3.01. The third-order valence-corrected chi connectivity index (χ3v) is 12.4. The molecule has 2 heteroatoms. The van der Waals surface area contributed by atoms with Gasteiger partial charge in [0, 0.05) is 0 Å². The molecule has 5 rings (SSSR count). The Labute approximate surface area is 143 Å². The van der Waals surface area contributed by atoms with Crippen LogP contribution in [0.5, 0.6) is 0 Å². The van der Waals surface area contributed by atoms with Gasteiger partial charge in [-0.2, -0.15) is 0 Å². The molecule has 3 aromatic carbocycles. The fourth-order valence-electron chi connectivity index (χ4n) is 4.78. The van der Waals surface area contributed by atoms with Crippen LogP contribution in [-0.4, -0.2) is 12.3 Å². The first kappa shape index (κ1) is 14.4. The molecule has 1 nitrogen and oxygen atoms in total. The van der Waals surface area contributed by atoms with E-state index in [4.69, 9.17) is 4.52 Å². The summed E-state index contributed by atoms with van der Waals surface area (Å²) in [6.07, 6.45) is 1.29. The van der Waals surface area contributed by atoms with Gasteiger partial charge >= 0.3 is 143 Å². The minimum atomic E-state index is -2.85. The van der Waals surface area contributed by atoms with E-state index in [0.29, 0.717) is 11.6 Å². The Bertz CT molecular complexity index is 761. The molecule has 0 N–H and O–H groups in total. The molecule has 24 heavy (non-hydrogen) atoms. The van der Waals surface area contributed by atoms with E-state index in [2.05, 4.69) is 91.0 Å². The van der Waals surface area contributed by atoms with E-state index in [1.807, 2.05) is 0 Å². The van der Waals surface area contributed by atoms with Crippen LogP contribution >= 0.6 is 6.83 Å². The second-order valence-corrected chi connectivity index (χ2v) is 11.6. The average molecular weight is 332 g/mol. The molecule has 2 unspecified atom stereocenters. The van der Waals surface area contributed by atoms with Gasteiger partial charge < -0.3 is 0 Å². The standard InChI is InChI=1S/C22H21OP/c1-4-10-19(11-5-1)24(20-12-6-2-7-13-20,21-14-8-3-9-15-21)22-16-18(22)17-23-24/h1-15,18,22H,16-17H2. The first-order valence-electron chi connectivity index (χ1n) is 8.69. The molecule has 0 spiro atoms. The summed E-state index contributed by atoms with van der Waals surface area (Å²) < 4.78 is 6.98. The van der Waals surface area contributed by atoms with Crippen molar-refractivity contribution >= 4 is 22.7 Å². The maximum absolute atomic E-state index is 6.98. The predicted octanol–water partition coefficient (Wildman–Crippen LogP) is 3.85. The van der Waals surface area contributed by atoms with Crippen molar-refractivity contribution in [3.8, 4) is 0 Å². The molecule has 2 aliphatic rings. The summed E-state index contributed by atoms with van der Waals surface area (Å²) in [7, 11) is 0. The molecular weight excluding hydrogens is 311 g/mol. The molecule has 0 bridgehead atoms. The van der Waals surface area contributed by atoms with Gasteiger partial charge in [0.15, 0.2) is 0 Å². The quantitative estimate of drug-likeness (QED) is 0.662. The van der Waals surface area contributed by atoms with E-state index >= 15 is 0 Å². The SMILES string of the molecule is c1ccc(P2(c3ccccc3)(c3ccccc3)OCC3CC32)cc1. The normalized spacial score (nSPS) is 27.6. The van der Waals surface area contributed by atoms with Crippen LogP contribution in [0.3, 0.4) is 0 Å². The summed E-state index contributed by atoms with van der Waals surface area (Å²) in [5.74, 6) is 0.711. The molecule has 1 heterocycles. The number of hydrogen-bond acceptors (Lipinski definition) is 1. The zero-order valence-corrected chi connectivity index (χ0v) is 14.5. The van der Waals surface area contributed by atoms with Gasteiger partial charge in [0.1, 0.15) is 0 Å². The van der Waals surface area contributed by atoms with Crippen molar-refractivity contribution < 1.29 is 4.52 Å². The molecule has 0 aromatic heterocycles. The monoisotopic (exact) mass is 332 g/mol. The molecule has 1 saturated carbocycles. The van der Waals surface area contributed by atoms with Crippen LogP contribution < -0.4 is 15.9 Å². The third-order valence-electron chi connectivity index (χ3n) is 5.88. The van der Waals surface area contributed by atoms with E-state index in [1.165, 1.54) is 22.3 Å². The molecule has 1 aliphatic heterocycles. The van der Waals surface area contributed by atoms with Gasteiger partial charge in [0.2, 0.25) is 0 Å². The molecule has 0 radical (unpaired) electrons. The zero-order valence-electron chi connectivity index (χ0n) is 13.6. The van der Waals surface area contributed by atoms with Crippen molar-refractivity contribution in [3.05, 3.63) is 91.0 Å². The minimum absolute atomic E-state index is 0.628. The van der Waals surface area contributed by atoms with Crippen molar-refractivity contribution in [3.63, 3.8) is 0 Å². The first-order valence-corrected chi connectivity index (χ1v) is 10.9. The van der Waals surface area contributed by atoms with Crippen LogP contribution in [-0.2, 0) is 4.52 Å². The van der Waals surface area contributed by atoms with Crippen molar-refractivity contribution in [2.45, 2.75) is 12.1 Å². The molecule has 3 aromatic rings. The molecule has 2 atom stereocenters. The average Bonchev–Trinajstić information content (AvgIpc) is 3.39. The number of hydrogen-bond donors (Lipinski definition) is 0. The second kappa shape index (κ2) is 5.02. The van der Waals surface area contributed by atoms with Crippen molar-refractivity contribution in [2.75, 3.05) is 6.61 Å². The first-order chi connectivity index (χ1) is 11.9. The second-order valence-electron chi connectivity index (χ2n) is 6.97. The Balaban J connectivity index is 1.94. The Morgan fingerprint density at radius 1 is 0.625 bits per heavy atom. The maximum atomic E-state index is 6.98. The molecule has 120 valence electrons. The Morgan fingerprint density at radius 3 is 1.33 bits per heavy atom. The van der Waals surface area contributed by atoms with E-state index in [-0.39, 0.29) is 0 Å². The van der Waals surface area contributed by atoms with Gasteiger partial charge in [-0.05, 0) is 0 Å². The zero-order chi connectivity index (χ0) is 16.1. The molecular formula is C22H21OP. The van der Waals surface area contributed by atoms with E-state index in [1.54, 1.807) is 0 Å². The summed E-state index contributed by atoms with van der Waals surface area (Å²) in [5, 5.41) is 4.14. The van der Waals surface area contributed by atoms with Crippen LogP contribution in [0.1, 0.15) is 6.42 Å². The van der Waals surface area contributed by atoms with Crippen LogP contribution in [0.2, 0.25) is 0 Å². The number of benzene rings is 3. The van der Waals surface area contributed by atoms with Gasteiger partial charge in [-0.15, -0.1) is 0 Å². The summed E-state index contributed by atoms with van der Waals surface area (Å²) in [4.78, 5) is 0. The topological polar surface area (TPSA) is 9.23 Å². The van der Waals surface area contributed by atoms with E-state index in [9.17, 15) is 0 Å². The van der Waals surface area contributed by atoms with Crippen molar-refractivity contribution in [1.29, 1.82) is 0 Å². The summed E-state index contributed by atoms with van der Waals surface area (Å²) in [5.41, 5.74) is 0.628. The van der Waals surface area contributed by atoms with E-state index in [0.717, 1.165) is 6.61 Å².